The number of nitriles is 1. The molecule has 1 fully saturated rings. The molecule has 1 aromatic heterocycles. The van der Waals surface area contributed by atoms with Gasteiger partial charge in [-0.15, -0.1) is 0 Å². The van der Waals surface area contributed by atoms with E-state index in [-0.39, 0.29) is 27.5 Å². The minimum absolute atomic E-state index is 0.0301. The van der Waals surface area contributed by atoms with Gasteiger partial charge in [-0.2, -0.15) is 5.26 Å². The Bertz CT molecular complexity index is 1160. The molecule has 0 spiro atoms. The van der Waals surface area contributed by atoms with Gasteiger partial charge >= 0.3 is 0 Å². The van der Waals surface area contributed by atoms with E-state index >= 15 is 0 Å². The van der Waals surface area contributed by atoms with Crippen LogP contribution in [-0.2, 0) is 22.5 Å². The SMILES string of the molecule is CC1(NC(=O)C(=O)c2c(Cl)c(C(=O)Nc3ccc(F)c(C#N)c3)c3n2CCC3)COC1. The van der Waals surface area contributed by atoms with Crippen molar-refractivity contribution in [3.63, 3.8) is 0 Å². The summed E-state index contributed by atoms with van der Waals surface area (Å²) in [6, 6.07) is 5.31. The molecule has 31 heavy (non-hydrogen) atoms. The van der Waals surface area contributed by atoms with Crippen molar-refractivity contribution in [1.82, 2.24) is 9.88 Å². The zero-order chi connectivity index (χ0) is 22.3. The maximum absolute atomic E-state index is 13.5. The molecule has 2 aliphatic heterocycles. The van der Waals surface area contributed by atoms with Gasteiger partial charge in [0.25, 0.3) is 17.6 Å². The summed E-state index contributed by atoms with van der Waals surface area (Å²) in [4.78, 5) is 38.4. The second-order valence-electron chi connectivity index (χ2n) is 7.84. The van der Waals surface area contributed by atoms with Crippen LogP contribution in [0.25, 0.3) is 0 Å². The number of hydrogen-bond acceptors (Lipinski definition) is 5. The van der Waals surface area contributed by atoms with Crippen LogP contribution < -0.4 is 10.6 Å². The number of amides is 2. The van der Waals surface area contributed by atoms with E-state index in [0.717, 1.165) is 6.07 Å². The first-order valence-electron chi connectivity index (χ1n) is 9.60. The van der Waals surface area contributed by atoms with E-state index in [1.807, 2.05) is 0 Å². The summed E-state index contributed by atoms with van der Waals surface area (Å²) in [5, 5.41) is 14.1. The second-order valence-corrected chi connectivity index (χ2v) is 8.21. The summed E-state index contributed by atoms with van der Waals surface area (Å²) in [5.41, 5.74) is 0.00160. The molecule has 2 amide bonds. The Morgan fingerprint density at radius 3 is 2.71 bits per heavy atom. The van der Waals surface area contributed by atoms with Gasteiger partial charge in [-0.3, -0.25) is 14.4 Å². The van der Waals surface area contributed by atoms with E-state index in [1.54, 1.807) is 17.6 Å². The normalized spacial score (nSPS) is 16.1. The van der Waals surface area contributed by atoms with E-state index in [9.17, 15) is 18.8 Å². The molecule has 1 aromatic carbocycles. The Hall–Kier alpha value is -3.22. The molecule has 0 unspecified atom stereocenters. The largest absolute Gasteiger partial charge is 0.376 e. The maximum atomic E-state index is 13.5. The number of anilines is 1. The van der Waals surface area contributed by atoms with Gasteiger partial charge in [0.1, 0.15) is 17.6 Å². The monoisotopic (exact) mass is 444 g/mol. The van der Waals surface area contributed by atoms with Gasteiger partial charge in [0, 0.05) is 17.9 Å². The van der Waals surface area contributed by atoms with E-state index in [0.29, 0.717) is 38.3 Å². The smallest absolute Gasteiger partial charge is 0.294 e. The van der Waals surface area contributed by atoms with Gasteiger partial charge in [0.05, 0.1) is 34.9 Å². The minimum Gasteiger partial charge on any atom is -0.376 e. The molecule has 3 heterocycles. The van der Waals surface area contributed by atoms with Crippen LogP contribution in [0.4, 0.5) is 10.1 Å². The molecule has 8 nitrogen and oxygen atoms in total. The summed E-state index contributed by atoms with van der Waals surface area (Å²) in [6.07, 6.45) is 1.20. The third kappa shape index (κ3) is 3.69. The van der Waals surface area contributed by atoms with Gasteiger partial charge in [0.2, 0.25) is 0 Å². The highest BCUT2D eigenvalue weighted by Crippen LogP contribution is 2.34. The van der Waals surface area contributed by atoms with Crippen LogP contribution in [0.3, 0.4) is 0 Å². The van der Waals surface area contributed by atoms with Crippen LogP contribution in [0, 0.1) is 17.1 Å². The number of Topliss-reactive ketones (excluding diaryl/α,β-unsaturated/α-hetero) is 1. The van der Waals surface area contributed by atoms with E-state index < -0.39 is 29.0 Å². The highest BCUT2D eigenvalue weighted by Gasteiger charge is 2.39. The number of nitrogens with zero attached hydrogens (tertiary/aromatic N) is 2. The predicted molar refractivity (Wildman–Crippen MR) is 109 cm³/mol. The van der Waals surface area contributed by atoms with Crippen molar-refractivity contribution in [2.45, 2.75) is 31.8 Å². The van der Waals surface area contributed by atoms with Crippen molar-refractivity contribution >= 4 is 34.9 Å². The Morgan fingerprint density at radius 1 is 1.32 bits per heavy atom. The number of nitrogens with one attached hydrogen (secondary N) is 2. The molecule has 0 bridgehead atoms. The van der Waals surface area contributed by atoms with Gasteiger partial charge in [-0.25, -0.2) is 4.39 Å². The Morgan fingerprint density at radius 2 is 2.06 bits per heavy atom. The molecule has 4 rings (SSSR count). The molecule has 10 heteroatoms. The molecular weight excluding hydrogens is 427 g/mol. The summed E-state index contributed by atoms with van der Waals surface area (Å²) >= 11 is 6.43. The fourth-order valence-electron chi connectivity index (χ4n) is 3.80. The number of benzene rings is 1. The molecule has 2 N–H and O–H groups in total. The number of aromatic nitrogens is 1. The van der Waals surface area contributed by atoms with E-state index in [1.165, 1.54) is 12.1 Å². The lowest BCUT2D eigenvalue weighted by atomic mass is 10.0. The van der Waals surface area contributed by atoms with Crippen molar-refractivity contribution in [2.75, 3.05) is 18.5 Å². The first-order valence-corrected chi connectivity index (χ1v) is 9.98. The van der Waals surface area contributed by atoms with Crippen LogP contribution in [0.1, 0.15) is 45.4 Å². The lowest BCUT2D eigenvalue weighted by Crippen LogP contribution is -2.61. The van der Waals surface area contributed by atoms with Crippen molar-refractivity contribution < 1.29 is 23.5 Å². The first-order chi connectivity index (χ1) is 14.7. The number of ether oxygens (including phenoxy) is 1. The molecular formula is C21H18ClFN4O4. The number of halogens is 2. The zero-order valence-corrected chi connectivity index (χ0v) is 17.3. The number of carbonyl (C=O) groups is 3. The highest BCUT2D eigenvalue weighted by molar-refractivity contribution is 6.48. The molecule has 0 radical (unpaired) electrons. The van der Waals surface area contributed by atoms with E-state index in [2.05, 4.69) is 10.6 Å². The molecule has 0 atom stereocenters. The van der Waals surface area contributed by atoms with Gasteiger partial charge in [-0.1, -0.05) is 11.6 Å². The number of rotatable bonds is 5. The van der Waals surface area contributed by atoms with Crippen LogP contribution in [0.15, 0.2) is 18.2 Å². The van der Waals surface area contributed by atoms with Gasteiger partial charge < -0.3 is 19.9 Å². The van der Waals surface area contributed by atoms with Crippen LogP contribution in [-0.4, -0.2) is 40.9 Å². The Kier molecular flexibility index (Phi) is 5.29. The average molecular weight is 445 g/mol. The topological polar surface area (TPSA) is 113 Å². The quantitative estimate of drug-likeness (QED) is 0.543. The maximum Gasteiger partial charge on any atom is 0.294 e. The number of ketones is 1. The van der Waals surface area contributed by atoms with Crippen molar-refractivity contribution in [3.8, 4) is 6.07 Å². The highest BCUT2D eigenvalue weighted by atomic mass is 35.5. The third-order valence-corrected chi connectivity index (χ3v) is 5.72. The summed E-state index contributed by atoms with van der Waals surface area (Å²) in [7, 11) is 0. The lowest BCUT2D eigenvalue weighted by Gasteiger charge is -2.38. The lowest BCUT2D eigenvalue weighted by molar-refractivity contribution is -0.126. The average Bonchev–Trinajstić information content (AvgIpc) is 3.27. The Labute approximate surface area is 181 Å². The molecule has 160 valence electrons. The first kappa shape index (κ1) is 21.0. The van der Waals surface area contributed by atoms with Crippen LogP contribution in [0.2, 0.25) is 5.02 Å². The second kappa shape index (κ2) is 7.80. The third-order valence-electron chi connectivity index (χ3n) is 5.36. The van der Waals surface area contributed by atoms with Crippen LogP contribution in [0.5, 0.6) is 0 Å². The van der Waals surface area contributed by atoms with Gasteiger partial charge in [0.15, 0.2) is 0 Å². The number of fused-ring (bicyclic) bond motifs is 1. The van der Waals surface area contributed by atoms with Crippen molar-refractivity contribution in [3.05, 3.63) is 51.6 Å². The molecule has 0 saturated carbocycles. The number of hydrogen-bond donors (Lipinski definition) is 2. The van der Waals surface area contributed by atoms with Gasteiger partial charge in [-0.05, 0) is 38.0 Å². The molecule has 2 aliphatic rings. The summed E-state index contributed by atoms with van der Waals surface area (Å²) < 4.78 is 20.2. The summed E-state index contributed by atoms with van der Waals surface area (Å²) in [6.45, 7) is 2.83. The number of carbonyl (C=O) groups excluding carboxylic acids is 3. The van der Waals surface area contributed by atoms with Crippen molar-refractivity contribution in [2.24, 2.45) is 0 Å². The zero-order valence-electron chi connectivity index (χ0n) is 16.6. The van der Waals surface area contributed by atoms with Crippen LogP contribution >= 0.6 is 11.6 Å². The van der Waals surface area contributed by atoms with E-state index in [4.69, 9.17) is 21.6 Å². The summed E-state index contributed by atoms with van der Waals surface area (Å²) in [5.74, 6) is -2.95. The Balaban J connectivity index is 1.64. The molecule has 0 aliphatic carbocycles. The predicted octanol–water partition coefficient (Wildman–Crippen LogP) is 2.44. The molecule has 1 saturated heterocycles. The van der Waals surface area contributed by atoms with Crippen molar-refractivity contribution in [1.29, 1.82) is 5.26 Å². The fourth-order valence-corrected chi connectivity index (χ4v) is 4.18. The fraction of sp³-hybridized carbons (Fsp3) is 0.333. The standard InChI is InChI=1S/C21H18ClFN4O4/c1-21(9-31-10-21)26-20(30)18(28)17-16(22)15(14-3-2-6-27(14)17)19(29)25-12-4-5-13(23)11(7-12)8-24/h4-5,7H,2-3,6,9-10H2,1H3,(H,25,29)(H,26,30). The molecule has 2 aromatic rings. The minimum atomic E-state index is -0.825.